The van der Waals surface area contributed by atoms with Gasteiger partial charge in [-0.25, -0.2) is 4.39 Å². The Balaban J connectivity index is 1.81. The summed E-state index contributed by atoms with van der Waals surface area (Å²) in [6.45, 7) is 0.404. The van der Waals surface area contributed by atoms with Crippen molar-refractivity contribution in [2.24, 2.45) is 5.92 Å². The summed E-state index contributed by atoms with van der Waals surface area (Å²) in [5.74, 6) is -0.344. The van der Waals surface area contributed by atoms with Gasteiger partial charge in [-0.15, -0.1) is 11.3 Å². The predicted molar refractivity (Wildman–Crippen MR) is 88.2 cm³/mol. The molecule has 1 aliphatic carbocycles. The van der Waals surface area contributed by atoms with Crippen molar-refractivity contribution in [2.45, 2.75) is 32.0 Å². The van der Waals surface area contributed by atoms with E-state index >= 15 is 0 Å². The highest BCUT2D eigenvalue weighted by Crippen LogP contribution is 2.34. The summed E-state index contributed by atoms with van der Waals surface area (Å²) in [7, 11) is 1.52. The van der Waals surface area contributed by atoms with Crippen molar-refractivity contribution in [2.75, 3.05) is 13.7 Å². The van der Waals surface area contributed by atoms with Crippen LogP contribution in [0.25, 0.3) is 10.1 Å². The molecule has 0 bridgehead atoms. The van der Waals surface area contributed by atoms with E-state index in [-0.39, 0.29) is 30.8 Å². The van der Waals surface area contributed by atoms with Gasteiger partial charge in [0.25, 0.3) is 5.91 Å². The van der Waals surface area contributed by atoms with Crippen LogP contribution < -0.4 is 5.32 Å². The summed E-state index contributed by atoms with van der Waals surface area (Å²) >= 11 is 1.25. The van der Waals surface area contributed by atoms with Crippen molar-refractivity contribution in [3.8, 4) is 0 Å². The van der Waals surface area contributed by atoms with Crippen LogP contribution in [0.15, 0.2) is 18.2 Å². The molecule has 2 N–H and O–H groups in total. The molecule has 1 atom stereocenters. The third-order valence-corrected chi connectivity index (χ3v) is 5.62. The first-order valence-electron chi connectivity index (χ1n) is 7.77. The standard InChI is InChI=1S/C17H20FNO3S/c1-22-9-11-15-12(18)6-3-7-14(15)23-16(11)17(21)19-8-13(20)10-4-2-5-10/h3,6-7,10,13,20H,2,4-5,8-9H2,1H3,(H,19,21). The van der Waals surface area contributed by atoms with Gasteiger partial charge in [-0.05, 0) is 30.9 Å². The first kappa shape index (κ1) is 16.4. The maximum absolute atomic E-state index is 14.1. The molecule has 1 aliphatic rings. The third-order valence-electron chi connectivity index (χ3n) is 4.42. The molecule has 23 heavy (non-hydrogen) atoms. The molecule has 0 aliphatic heterocycles. The number of amides is 1. The molecule has 0 radical (unpaired) electrons. The summed E-state index contributed by atoms with van der Waals surface area (Å²) in [4.78, 5) is 12.9. The molecular formula is C17H20FNO3S. The number of ether oxygens (including phenoxy) is 1. The molecule has 1 aromatic heterocycles. The molecule has 1 aromatic carbocycles. The lowest BCUT2D eigenvalue weighted by atomic mass is 9.81. The zero-order valence-electron chi connectivity index (χ0n) is 13.0. The lowest BCUT2D eigenvalue weighted by Crippen LogP contribution is -2.38. The fourth-order valence-electron chi connectivity index (χ4n) is 2.90. The van der Waals surface area contributed by atoms with Gasteiger partial charge < -0.3 is 15.2 Å². The van der Waals surface area contributed by atoms with E-state index < -0.39 is 6.10 Å². The van der Waals surface area contributed by atoms with Gasteiger partial charge in [0.15, 0.2) is 0 Å². The van der Waals surface area contributed by atoms with Crippen LogP contribution in [0.5, 0.6) is 0 Å². The average molecular weight is 337 g/mol. The summed E-state index contributed by atoms with van der Waals surface area (Å²) in [6.07, 6.45) is 2.66. The second-order valence-corrected chi connectivity index (χ2v) is 6.98. The summed E-state index contributed by atoms with van der Waals surface area (Å²) in [5.41, 5.74) is 0.571. The van der Waals surface area contributed by atoms with Gasteiger partial charge in [0.2, 0.25) is 0 Å². The number of hydrogen-bond acceptors (Lipinski definition) is 4. The van der Waals surface area contributed by atoms with Crippen LogP contribution in [0.4, 0.5) is 4.39 Å². The number of aliphatic hydroxyl groups is 1. The second kappa shape index (κ2) is 6.95. The van der Waals surface area contributed by atoms with Crippen LogP contribution in [0.1, 0.15) is 34.5 Å². The molecule has 1 heterocycles. The minimum atomic E-state index is -0.510. The Morgan fingerprint density at radius 2 is 2.30 bits per heavy atom. The summed E-state index contributed by atoms with van der Waals surface area (Å²) in [6, 6.07) is 4.81. The zero-order chi connectivity index (χ0) is 16.4. The zero-order valence-corrected chi connectivity index (χ0v) is 13.8. The van der Waals surface area contributed by atoms with Crippen molar-refractivity contribution in [3.05, 3.63) is 34.5 Å². The maximum Gasteiger partial charge on any atom is 0.261 e. The second-order valence-electron chi connectivity index (χ2n) is 5.92. The van der Waals surface area contributed by atoms with Gasteiger partial charge in [0.05, 0.1) is 17.6 Å². The smallest absolute Gasteiger partial charge is 0.261 e. The van der Waals surface area contributed by atoms with Crippen LogP contribution in [0.3, 0.4) is 0 Å². The van der Waals surface area contributed by atoms with E-state index in [1.54, 1.807) is 12.1 Å². The number of carbonyl (C=O) groups is 1. The monoisotopic (exact) mass is 337 g/mol. The number of rotatable bonds is 6. The van der Waals surface area contributed by atoms with Gasteiger partial charge >= 0.3 is 0 Å². The molecule has 1 saturated carbocycles. The number of hydrogen-bond donors (Lipinski definition) is 2. The van der Waals surface area contributed by atoms with Gasteiger partial charge in [0.1, 0.15) is 5.82 Å². The molecule has 2 aromatic rings. The Morgan fingerprint density at radius 3 is 2.96 bits per heavy atom. The molecule has 1 unspecified atom stereocenters. The fraction of sp³-hybridized carbons (Fsp3) is 0.471. The van der Waals surface area contributed by atoms with Gasteiger partial charge in [0, 0.05) is 29.3 Å². The van der Waals surface area contributed by atoms with E-state index in [1.165, 1.54) is 24.5 Å². The van der Waals surface area contributed by atoms with Crippen molar-refractivity contribution in [1.29, 1.82) is 0 Å². The molecule has 0 saturated heterocycles. The van der Waals surface area contributed by atoms with Crippen LogP contribution in [-0.2, 0) is 11.3 Å². The van der Waals surface area contributed by atoms with Crippen molar-refractivity contribution in [3.63, 3.8) is 0 Å². The minimum Gasteiger partial charge on any atom is -0.391 e. The highest BCUT2D eigenvalue weighted by Gasteiger charge is 2.27. The van der Waals surface area contributed by atoms with E-state index in [1.807, 2.05) is 0 Å². The number of aliphatic hydroxyl groups excluding tert-OH is 1. The SMILES string of the molecule is COCc1c(C(=O)NCC(O)C2CCC2)sc2cccc(F)c12. The summed E-state index contributed by atoms with van der Waals surface area (Å²) < 4.78 is 20.0. The Morgan fingerprint density at radius 1 is 1.52 bits per heavy atom. The highest BCUT2D eigenvalue weighted by atomic mass is 32.1. The normalized spacial score (nSPS) is 16.3. The highest BCUT2D eigenvalue weighted by molar-refractivity contribution is 7.21. The number of fused-ring (bicyclic) bond motifs is 1. The van der Waals surface area contributed by atoms with E-state index in [4.69, 9.17) is 4.74 Å². The van der Waals surface area contributed by atoms with Gasteiger partial charge in [-0.2, -0.15) is 0 Å². The molecule has 124 valence electrons. The first-order chi connectivity index (χ1) is 11.1. The molecule has 4 nitrogen and oxygen atoms in total. The number of methoxy groups -OCH3 is 1. The van der Waals surface area contributed by atoms with Crippen LogP contribution in [0, 0.1) is 11.7 Å². The Hall–Kier alpha value is -1.50. The van der Waals surface area contributed by atoms with E-state index in [0.717, 1.165) is 24.0 Å². The van der Waals surface area contributed by atoms with Crippen LogP contribution in [0.2, 0.25) is 0 Å². The van der Waals surface area contributed by atoms with E-state index in [0.29, 0.717) is 15.8 Å². The third kappa shape index (κ3) is 3.24. The van der Waals surface area contributed by atoms with Gasteiger partial charge in [-0.3, -0.25) is 4.79 Å². The average Bonchev–Trinajstić information content (AvgIpc) is 2.84. The fourth-order valence-corrected chi connectivity index (χ4v) is 4.04. The number of thiophene rings is 1. The topological polar surface area (TPSA) is 58.6 Å². The first-order valence-corrected chi connectivity index (χ1v) is 8.58. The lowest BCUT2D eigenvalue weighted by molar-refractivity contribution is 0.0584. The van der Waals surface area contributed by atoms with Crippen molar-refractivity contribution < 1.29 is 19.0 Å². The minimum absolute atomic E-state index is 0.175. The van der Waals surface area contributed by atoms with Crippen LogP contribution in [-0.4, -0.2) is 30.8 Å². The molecule has 0 spiro atoms. The molecule has 1 fully saturated rings. The summed E-state index contributed by atoms with van der Waals surface area (Å²) in [5, 5.41) is 13.2. The maximum atomic E-state index is 14.1. The van der Waals surface area contributed by atoms with Crippen molar-refractivity contribution in [1.82, 2.24) is 5.32 Å². The quantitative estimate of drug-likeness (QED) is 0.852. The molecular weight excluding hydrogens is 317 g/mol. The largest absolute Gasteiger partial charge is 0.391 e. The Bertz CT molecular complexity index is 711. The van der Waals surface area contributed by atoms with E-state index in [2.05, 4.69) is 5.32 Å². The molecule has 6 heteroatoms. The molecule has 3 rings (SSSR count). The lowest BCUT2D eigenvalue weighted by Gasteiger charge is -2.30. The number of halogens is 1. The Labute approximate surface area is 138 Å². The predicted octanol–water partition coefficient (Wildman–Crippen LogP) is 3.08. The van der Waals surface area contributed by atoms with Crippen LogP contribution >= 0.6 is 11.3 Å². The van der Waals surface area contributed by atoms with E-state index in [9.17, 15) is 14.3 Å². The Kier molecular flexibility index (Phi) is 4.94. The number of carbonyl (C=O) groups excluding carboxylic acids is 1. The number of benzene rings is 1. The van der Waals surface area contributed by atoms with Gasteiger partial charge in [-0.1, -0.05) is 12.5 Å². The molecule has 1 amide bonds. The van der Waals surface area contributed by atoms with Crippen molar-refractivity contribution >= 4 is 27.3 Å². The number of nitrogens with one attached hydrogen (secondary N) is 1.